The summed E-state index contributed by atoms with van der Waals surface area (Å²) in [7, 11) is -3.75. The van der Waals surface area contributed by atoms with Gasteiger partial charge in [-0.25, -0.2) is 13.2 Å². The summed E-state index contributed by atoms with van der Waals surface area (Å²) < 4.78 is 27.5. The van der Waals surface area contributed by atoms with Crippen molar-refractivity contribution in [3.8, 4) is 0 Å². The molecule has 1 rings (SSSR count). The minimum absolute atomic E-state index is 0.0412. The van der Waals surface area contributed by atoms with E-state index >= 15 is 0 Å². The number of nitro benzene ring substituents is 1. The molecule has 0 saturated carbocycles. The fourth-order valence-corrected chi connectivity index (χ4v) is 2.15. The average molecular weight is 285 g/mol. The van der Waals surface area contributed by atoms with Gasteiger partial charge in [0.1, 0.15) is 11.5 Å². The third-order valence-electron chi connectivity index (χ3n) is 2.12. The molecule has 19 heavy (non-hydrogen) atoms. The van der Waals surface area contributed by atoms with Crippen molar-refractivity contribution in [1.29, 1.82) is 0 Å². The van der Waals surface area contributed by atoms with Gasteiger partial charge in [0, 0.05) is 12.3 Å². The maximum absolute atomic E-state index is 11.5. The number of nitrogens with zero attached hydrogens (tertiary/aromatic N) is 1. The highest BCUT2D eigenvalue weighted by atomic mass is 32.2. The second-order valence-electron chi connectivity index (χ2n) is 3.60. The zero-order valence-corrected chi connectivity index (χ0v) is 10.8. The van der Waals surface area contributed by atoms with Crippen LogP contribution in [0.25, 0.3) is 0 Å². The lowest BCUT2D eigenvalue weighted by atomic mass is 10.2. The molecule has 7 nitrogen and oxygen atoms in total. The molecule has 0 fully saturated rings. The molecular weight excluding hydrogens is 274 g/mol. The predicted octanol–water partition coefficient (Wildman–Crippen LogP) is 1.34. The standard InChI is InChI=1S/C11H11NO6S/c1-3-6-18-11(13)8-4-5-10(19(2,16)17)9(7-8)12(14)15/h3-5,7H,1,6H2,2H3. The van der Waals surface area contributed by atoms with E-state index in [1.807, 2.05) is 0 Å². The van der Waals surface area contributed by atoms with Gasteiger partial charge < -0.3 is 4.74 Å². The van der Waals surface area contributed by atoms with Crippen molar-refractivity contribution in [1.82, 2.24) is 0 Å². The first-order valence-corrected chi connectivity index (χ1v) is 6.93. The fraction of sp³-hybridized carbons (Fsp3) is 0.182. The minimum atomic E-state index is -3.75. The molecule has 0 bridgehead atoms. The van der Waals surface area contributed by atoms with Gasteiger partial charge in [-0.15, -0.1) is 0 Å². The molecule has 102 valence electrons. The van der Waals surface area contributed by atoms with Gasteiger partial charge >= 0.3 is 5.97 Å². The van der Waals surface area contributed by atoms with Crippen LogP contribution in [-0.2, 0) is 14.6 Å². The van der Waals surface area contributed by atoms with Crippen molar-refractivity contribution in [2.45, 2.75) is 4.90 Å². The molecule has 1 aromatic rings. The summed E-state index contributed by atoms with van der Waals surface area (Å²) in [5, 5.41) is 10.8. The summed E-state index contributed by atoms with van der Waals surface area (Å²) in [6.45, 7) is 3.31. The van der Waals surface area contributed by atoms with Crippen LogP contribution in [0.5, 0.6) is 0 Å². The van der Waals surface area contributed by atoms with Crippen molar-refractivity contribution >= 4 is 21.5 Å². The molecular formula is C11H11NO6S. The third-order valence-corrected chi connectivity index (χ3v) is 3.27. The number of rotatable bonds is 5. The van der Waals surface area contributed by atoms with Crippen molar-refractivity contribution in [2.75, 3.05) is 12.9 Å². The molecule has 0 heterocycles. The molecule has 1 aromatic carbocycles. The zero-order valence-electron chi connectivity index (χ0n) is 10.0. The third kappa shape index (κ3) is 3.62. The summed E-state index contributed by atoms with van der Waals surface area (Å²) >= 11 is 0. The van der Waals surface area contributed by atoms with Gasteiger partial charge in [0.15, 0.2) is 9.84 Å². The Kier molecular flexibility index (Phi) is 4.38. The van der Waals surface area contributed by atoms with E-state index in [1.165, 1.54) is 6.08 Å². The molecule has 0 saturated heterocycles. The van der Waals surface area contributed by atoms with Crippen molar-refractivity contribution in [3.05, 3.63) is 46.5 Å². The number of benzene rings is 1. The lowest BCUT2D eigenvalue weighted by Gasteiger charge is -2.04. The van der Waals surface area contributed by atoms with Crippen molar-refractivity contribution in [3.63, 3.8) is 0 Å². The number of esters is 1. The Morgan fingerprint density at radius 1 is 1.53 bits per heavy atom. The molecule has 0 unspecified atom stereocenters. The Hall–Kier alpha value is -2.22. The van der Waals surface area contributed by atoms with Gasteiger partial charge in [-0.2, -0.15) is 0 Å². The van der Waals surface area contributed by atoms with Crippen LogP contribution < -0.4 is 0 Å². The van der Waals surface area contributed by atoms with Crippen LogP contribution >= 0.6 is 0 Å². The van der Waals surface area contributed by atoms with E-state index in [0.29, 0.717) is 0 Å². The number of nitro groups is 1. The van der Waals surface area contributed by atoms with Crippen LogP contribution in [-0.4, -0.2) is 32.2 Å². The number of carbonyl (C=O) groups is 1. The molecule has 0 amide bonds. The van der Waals surface area contributed by atoms with Crippen LogP contribution in [0.1, 0.15) is 10.4 Å². The van der Waals surface area contributed by atoms with Crippen LogP contribution in [0.4, 0.5) is 5.69 Å². The predicted molar refractivity (Wildman–Crippen MR) is 66.7 cm³/mol. The summed E-state index contributed by atoms with van der Waals surface area (Å²) in [4.78, 5) is 21.0. The Morgan fingerprint density at radius 3 is 2.63 bits per heavy atom. The SMILES string of the molecule is C=CCOC(=O)c1ccc(S(C)(=O)=O)c([N+](=O)[O-])c1. The zero-order chi connectivity index (χ0) is 14.6. The second-order valence-corrected chi connectivity index (χ2v) is 5.58. The quantitative estimate of drug-likeness (QED) is 0.350. The smallest absolute Gasteiger partial charge is 0.338 e. The van der Waals surface area contributed by atoms with E-state index < -0.39 is 31.3 Å². The first-order chi connectivity index (χ1) is 8.77. The van der Waals surface area contributed by atoms with Gasteiger partial charge in [-0.1, -0.05) is 12.7 Å². The Labute approximate surface area is 109 Å². The summed E-state index contributed by atoms with van der Waals surface area (Å²) in [5.41, 5.74) is -0.753. The number of sulfone groups is 1. The molecule has 0 aliphatic carbocycles. The van der Waals surface area contributed by atoms with Crippen LogP contribution in [0.2, 0.25) is 0 Å². The highest BCUT2D eigenvalue weighted by Crippen LogP contribution is 2.25. The molecule has 0 aliphatic rings. The summed E-state index contributed by atoms with van der Waals surface area (Å²) in [5.74, 6) is -0.789. The van der Waals surface area contributed by atoms with Gasteiger partial charge in [-0.3, -0.25) is 10.1 Å². The monoisotopic (exact) mass is 285 g/mol. The largest absolute Gasteiger partial charge is 0.458 e. The molecule has 0 spiro atoms. The number of hydrogen-bond donors (Lipinski definition) is 0. The number of carbonyl (C=O) groups excluding carboxylic acids is 1. The van der Waals surface area contributed by atoms with Crippen LogP contribution in [0.15, 0.2) is 35.7 Å². The van der Waals surface area contributed by atoms with Gasteiger partial charge in [0.25, 0.3) is 5.69 Å². The second kappa shape index (κ2) is 5.61. The highest BCUT2D eigenvalue weighted by molar-refractivity contribution is 7.90. The lowest BCUT2D eigenvalue weighted by Crippen LogP contribution is -2.08. The fourth-order valence-electron chi connectivity index (χ4n) is 1.32. The van der Waals surface area contributed by atoms with Crippen LogP contribution in [0, 0.1) is 10.1 Å². The molecule has 0 N–H and O–H groups in total. The Balaban J connectivity index is 3.28. The molecule has 0 atom stereocenters. The maximum atomic E-state index is 11.5. The first-order valence-electron chi connectivity index (χ1n) is 5.04. The van der Waals surface area contributed by atoms with E-state index in [0.717, 1.165) is 24.5 Å². The molecule has 0 aromatic heterocycles. The maximum Gasteiger partial charge on any atom is 0.338 e. The van der Waals surface area contributed by atoms with Crippen molar-refractivity contribution in [2.24, 2.45) is 0 Å². The van der Waals surface area contributed by atoms with Crippen molar-refractivity contribution < 1.29 is 22.9 Å². The van der Waals surface area contributed by atoms with E-state index in [9.17, 15) is 23.3 Å². The average Bonchev–Trinajstić information content (AvgIpc) is 2.34. The van der Waals surface area contributed by atoms with Gasteiger partial charge in [0.2, 0.25) is 0 Å². The Morgan fingerprint density at radius 2 is 2.16 bits per heavy atom. The number of hydrogen-bond acceptors (Lipinski definition) is 6. The summed E-state index contributed by atoms with van der Waals surface area (Å²) in [6.07, 6.45) is 2.20. The van der Waals surface area contributed by atoms with Gasteiger partial charge in [0.05, 0.1) is 10.5 Å². The highest BCUT2D eigenvalue weighted by Gasteiger charge is 2.24. The van der Waals surface area contributed by atoms with Crippen LogP contribution in [0.3, 0.4) is 0 Å². The topological polar surface area (TPSA) is 104 Å². The lowest BCUT2D eigenvalue weighted by molar-refractivity contribution is -0.387. The Bertz CT molecular complexity index is 635. The normalized spacial score (nSPS) is 10.8. The summed E-state index contributed by atoms with van der Waals surface area (Å²) in [6, 6.07) is 3.05. The number of ether oxygens (including phenoxy) is 1. The van der Waals surface area contributed by atoms with E-state index in [-0.39, 0.29) is 12.2 Å². The molecule has 0 aliphatic heterocycles. The van der Waals surface area contributed by atoms with Gasteiger partial charge in [-0.05, 0) is 12.1 Å². The van der Waals surface area contributed by atoms with E-state index in [1.54, 1.807) is 0 Å². The van der Waals surface area contributed by atoms with E-state index in [4.69, 9.17) is 4.74 Å². The van der Waals surface area contributed by atoms with E-state index in [2.05, 4.69) is 6.58 Å². The minimum Gasteiger partial charge on any atom is -0.458 e. The molecule has 0 radical (unpaired) electrons. The first kappa shape index (κ1) is 14.8. The molecule has 8 heteroatoms.